The minimum atomic E-state index is -0.192. The second kappa shape index (κ2) is 5.33. The van der Waals surface area contributed by atoms with Crippen molar-refractivity contribution in [1.82, 2.24) is 4.98 Å². The number of nitrogens with two attached hydrogens (primary N) is 1. The van der Waals surface area contributed by atoms with Gasteiger partial charge < -0.3 is 11.1 Å². The van der Waals surface area contributed by atoms with Gasteiger partial charge in [0, 0.05) is 17.4 Å². The molecule has 1 amide bonds. The summed E-state index contributed by atoms with van der Waals surface area (Å²) in [6.07, 6.45) is 1.52. The summed E-state index contributed by atoms with van der Waals surface area (Å²) in [6, 6.07) is 11.0. The van der Waals surface area contributed by atoms with Crippen LogP contribution in [0.2, 0.25) is 0 Å². The summed E-state index contributed by atoms with van der Waals surface area (Å²) in [5.74, 6) is 0.142. The Balaban J connectivity index is 2.12. The van der Waals surface area contributed by atoms with Crippen molar-refractivity contribution in [3.8, 4) is 0 Å². The number of hydrogen-bond acceptors (Lipinski definition) is 3. The number of nitrogens with one attached hydrogen (secondary N) is 1. The van der Waals surface area contributed by atoms with Crippen molar-refractivity contribution in [2.75, 3.05) is 11.1 Å². The van der Waals surface area contributed by atoms with Crippen LogP contribution in [0.4, 0.5) is 11.5 Å². The standard InChI is InChI=1S/C16H19N3O/c1-16(2,3)12-4-6-13(7-5-12)19-15(20)11-8-9-18-14(17)10-11/h4-10H,1-3H3,(H2,17,18)(H,19,20). The van der Waals surface area contributed by atoms with E-state index in [1.54, 1.807) is 12.1 Å². The zero-order valence-corrected chi connectivity index (χ0v) is 12.0. The van der Waals surface area contributed by atoms with Gasteiger partial charge in [0.15, 0.2) is 0 Å². The lowest BCUT2D eigenvalue weighted by Crippen LogP contribution is -2.14. The fraction of sp³-hybridized carbons (Fsp3) is 0.250. The fourth-order valence-corrected chi connectivity index (χ4v) is 1.85. The fourth-order valence-electron chi connectivity index (χ4n) is 1.85. The number of nitrogens with zero attached hydrogens (tertiary/aromatic N) is 1. The molecule has 104 valence electrons. The summed E-state index contributed by atoms with van der Waals surface area (Å²) >= 11 is 0. The van der Waals surface area contributed by atoms with Gasteiger partial charge in [0.25, 0.3) is 5.91 Å². The SMILES string of the molecule is CC(C)(C)c1ccc(NC(=O)c2ccnc(N)c2)cc1. The number of hydrogen-bond donors (Lipinski definition) is 2. The largest absolute Gasteiger partial charge is 0.384 e. The van der Waals surface area contributed by atoms with Gasteiger partial charge in [-0.25, -0.2) is 4.98 Å². The molecular weight excluding hydrogens is 250 g/mol. The number of anilines is 2. The molecule has 3 N–H and O–H groups in total. The summed E-state index contributed by atoms with van der Waals surface area (Å²) in [5, 5.41) is 2.84. The average Bonchev–Trinajstić information content (AvgIpc) is 2.38. The molecule has 1 aromatic heterocycles. The van der Waals surface area contributed by atoms with Crippen molar-refractivity contribution in [3.05, 3.63) is 53.7 Å². The summed E-state index contributed by atoms with van der Waals surface area (Å²) in [5.41, 5.74) is 8.15. The maximum absolute atomic E-state index is 12.1. The Hall–Kier alpha value is -2.36. The molecule has 1 aromatic carbocycles. The van der Waals surface area contributed by atoms with Gasteiger partial charge in [0.1, 0.15) is 5.82 Å². The second-order valence-corrected chi connectivity index (χ2v) is 5.75. The zero-order chi connectivity index (χ0) is 14.8. The zero-order valence-electron chi connectivity index (χ0n) is 12.0. The summed E-state index contributed by atoms with van der Waals surface area (Å²) < 4.78 is 0. The third-order valence-electron chi connectivity index (χ3n) is 3.05. The Morgan fingerprint density at radius 2 is 1.80 bits per heavy atom. The van der Waals surface area contributed by atoms with E-state index >= 15 is 0 Å². The number of carbonyl (C=O) groups excluding carboxylic acids is 1. The Kier molecular flexibility index (Phi) is 3.74. The van der Waals surface area contributed by atoms with Crippen LogP contribution in [0.1, 0.15) is 36.7 Å². The number of benzene rings is 1. The van der Waals surface area contributed by atoms with E-state index in [-0.39, 0.29) is 11.3 Å². The highest BCUT2D eigenvalue weighted by Gasteiger charge is 2.13. The second-order valence-electron chi connectivity index (χ2n) is 5.75. The molecule has 0 radical (unpaired) electrons. The molecule has 20 heavy (non-hydrogen) atoms. The number of pyridine rings is 1. The molecule has 2 rings (SSSR count). The van der Waals surface area contributed by atoms with Crippen LogP contribution in [-0.2, 0) is 5.41 Å². The van der Waals surface area contributed by atoms with E-state index in [2.05, 4.69) is 31.1 Å². The molecule has 0 saturated carbocycles. The van der Waals surface area contributed by atoms with Crippen LogP contribution >= 0.6 is 0 Å². The van der Waals surface area contributed by atoms with Crippen molar-refractivity contribution in [2.45, 2.75) is 26.2 Å². The number of rotatable bonds is 2. The van der Waals surface area contributed by atoms with Gasteiger partial charge in [-0.2, -0.15) is 0 Å². The smallest absolute Gasteiger partial charge is 0.255 e. The average molecular weight is 269 g/mol. The van der Waals surface area contributed by atoms with Crippen LogP contribution in [0, 0.1) is 0 Å². The maximum Gasteiger partial charge on any atom is 0.255 e. The highest BCUT2D eigenvalue weighted by atomic mass is 16.1. The molecule has 0 bridgehead atoms. The third kappa shape index (κ3) is 3.35. The van der Waals surface area contributed by atoms with Crippen LogP contribution in [0.3, 0.4) is 0 Å². The minimum Gasteiger partial charge on any atom is -0.384 e. The summed E-state index contributed by atoms with van der Waals surface area (Å²) in [6.45, 7) is 6.46. The van der Waals surface area contributed by atoms with Gasteiger partial charge in [0.2, 0.25) is 0 Å². The summed E-state index contributed by atoms with van der Waals surface area (Å²) in [4.78, 5) is 15.9. The number of amides is 1. The Labute approximate surface area is 119 Å². The van der Waals surface area contributed by atoms with Gasteiger partial charge in [-0.05, 0) is 35.2 Å². The quantitative estimate of drug-likeness (QED) is 0.879. The third-order valence-corrected chi connectivity index (χ3v) is 3.05. The maximum atomic E-state index is 12.1. The number of aromatic nitrogens is 1. The lowest BCUT2D eigenvalue weighted by atomic mass is 9.87. The van der Waals surface area contributed by atoms with Crippen molar-refractivity contribution in [3.63, 3.8) is 0 Å². The molecule has 0 unspecified atom stereocenters. The van der Waals surface area contributed by atoms with Gasteiger partial charge >= 0.3 is 0 Å². The van der Waals surface area contributed by atoms with Crippen LogP contribution < -0.4 is 11.1 Å². The topological polar surface area (TPSA) is 68.0 Å². The molecule has 0 saturated heterocycles. The van der Waals surface area contributed by atoms with Crippen LogP contribution in [0.25, 0.3) is 0 Å². The van der Waals surface area contributed by atoms with Crippen molar-refractivity contribution < 1.29 is 4.79 Å². The molecule has 0 aliphatic heterocycles. The van der Waals surface area contributed by atoms with Crippen LogP contribution in [0.15, 0.2) is 42.6 Å². The van der Waals surface area contributed by atoms with Gasteiger partial charge in [-0.15, -0.1) is 0 Å². The van der Waals surface area contributed by atoms with E-state index in [1.807, 2.05) is 24.3 Å². The predicted octanol–water partition coefficient (Wildman–Crippen LogP) is 3.21. The highest BCUT2D eigenvalue weighted by Crippen LogP contribution is 2.23. The Morgan fingerprint density at radius 1 is 1.15 bits per heavy atom. The molecule has 0 fully saturated rings. The van der Waals surface area contributed by atoms with E-state index in [9.17, 15) is 4.79 Å². The molecule has 0 aliphatic carbocycles. The van der Waals surface area contributed by atoms with E-state index in [1.165, 1.54) is 11.8 Å². The normalized spacial score (nSPS) is 11.2. The first-order valence-electron chi connectivity index (χ1n) is 6.50. The predicted molar refractivity (Wildman–Crippen MR) is 81.7 cm³/mol. The Bertz CT molecular complexity index is 612. The van der Waals surface area contributed by atoms with Gasteiger partial charge in [0.05, 0.1) is 0 Å². The van der Waals surface area contributed by atoms with E-state index < -0.39 is 0 Å². The first-order valence-corrected chi connectivity index (χ1v) is 6.50. The van der Waals surface area contributed by atoms with Crippen molar-refractivity contribution in [2.24, 2.45) is 0 Å². The number of nitrogen functional groups attached to an aromatic ring is 1. The van der Waals surface area contributed by atoms with E-state index in [4.69, 9.17) is 5.73 Å². The molecule has 2 aromatic rings. The van der Waals surface area contributed by atoms with E-state index in [0.717, 1.165) is 5.69 Å². The lowest BCUT2D eigenvalue weighted by Gasteiger charge is -2.19. The Morgan fingerprint density at radius 3 is 2.35 bits per heavy atom. The molecular formula is C16H19N3O. The molecule has 4 heteroatoms. The van der Waals surface area contributed by atoms with Gasteiger partial charge in [-0.1, -0.05) is 32.9 Å². The summed E-state index contributed by atoms with van der Waals surface area (Å²) in [7, 11) is 0. The van der Waals surface area contributed by atoms with Gasteiger partial charge in [-0.3, -0.25) is 4.79 Å². The lowest BCUT2D eigenvalue weighted by molar-refractivity contribution is 0.102. The number of carbonyl (C=O) groups is 1. The van der Waals surface area contributed by atoms with E-state index in [0.29, 0.717) is 11.4 Å². The highest BCUT2D eigenvalue weighted by molar-refractivity contribution is 6.04. The van der Waals surface area contributed by atoms with Crippen molar-refractivity contribution in [1.29, 1.82) is 0 Å². The monoisotopic (exact) mass is 269 g/mol. The molecule has 1 heterocycles. The molecule has 0 atom stereocenters. The first kappa shape index (κ1) is 14.1. The van der Waals surface area contributed by atoms with Crippen LogP contribution in [-0.4, -0.2) is 10.9 Å². The molecule has 0 spiro atoms. The molecule has 4 nitrogen and oxygen atoms in total. The minimum absolute atomic E-state index is 0.0993. The van der Waals surface area contributed by atoms with Crippen LogP contribution in [0.5, 0.6) is 0 Å². The van der Waals surface area contributed by atoms with Crippen molar-refractivity contribution >= 4 is 17.4 Å². The first-order chi connectivity index (χ1) is 9.36. The molecule has 0 aliphatic rings.